The summed E-state index contributed by atoms with van der Waals surface area (Å²) in [6, 6.07) is 25.7. The summed E-state index contributed by atoms with van der Waals surface area (Å²) in [6.45, 7) is 7.36. The number of carboxylic acids is 1. The third kappa shape index (κ3) is 7.90. The van der Waals surface area contributed by atoms with Gasteiger partial charge in [-0.15, -0.1) is 0 Å². The Balaban J connectivity index is 1.26. The number of likely N-dealkylation sites (tertiary alicyclic amines) is 1. The van der Waals surface area contributed by atoms with Gasteiger partial charge in [0.1, 0.15) is 11.4 Å². The number of amides is 1. The molecule has 0 bridgehead atoms. The van der Waals surface area contributed by atoms with E-state index in [4.69, 9.17) is 14.2 Å². The first-order valence-electron chi connectivity index (χ1n) is 14.6. The second kappa shape index (κ2) is 13.3. The van der Waals surface area contributed by atoms with Crippen molar-refractivity contribution >= 4 is 22.8 Å². The molecule has 0 radical (unpaired) electrons. The van der Waals surface area contributed by atoms with Gasteiger partial charge in [-0.1, -0.05) is 48.5 Å². The monoisotopic (exact) mass is 582 g/mol. The molecule has 8 heteroatoms. The Bertz CT molecular complexity index is 1560. The maximum atomic E-state index is 12.9. The summed E-state index contributed by atoms with van der Waals surface area (Å²) in [5.74, 6) is -0.223. The number of benzene rings is 3. The molecule has 0 aliphatic carbocycles. The van der Waals surface area contributed by atoms with Crippen LogP contribution in [-0.4, -0.2) is 58.5 Å². The molecule has 43 heavy (non-hydrogen) atoms. The summed E-state index contributed by atoms with van der Waals surface area (Å²) in [5, 5.41) is 11.7. The van der Waals surface area contributed by atoms with Crippen LogP contribution in [0.25, 0.3) is 10.8 Å². The summed E-state index contributed by atoms with van der Waals surface area (Å²) in [5.41, 5.74) is 2.30. The number of fused-ring (bicyclic) bond motifs is 1. The van der Waals surface area contributed by atoms with E-state index in [0.717, 1.165) is 22.9 Å². The molecule has 2 atom stereocenters. The van der Waals surface area contributed by atoms with Crippen LogP contribution in [0, 0.1) is 0 Å². The van der Waals surface area contributed by atoms with E-state index in [9.17, 15) is 14.7 Å². The van der Waals surface area contributed by atoms with Crippen LogP contribution in [0.3, 0.4) is 0 Å². The molecule has 1 saturated heterocycles. The van der Waals surface area contributed by atoms with Crippen LogP contribution in [0.4, 0.5) is 4.79 Å². The van der Waals surface area contributed by atoms with Crippen molar-refractivity contribution in [3.05, 3.63) is 107 Å². The van der Waals surface area contributed by atoms with E-state index >= 15 is 0 Å². The molecule has 0 spiro atoms. The Morgan fingerprint density at radius 1 is 0.977 bits per heavy atom. The van der Waals surface area contributed by atoms with Gasteiger partial charge in [0.25, 0.3) is 0 Å². The van der Waals surface area contributed by atoms with E-state index in [1.165, 1.54) is 5.39 Å². The molecular formula is C35H38N2O6. The number of ether oxygens (including phenoxy) is 3. The fraction of sp³-hybridized carbons (Fsp3) is 0.343. The highest BCUT2D eigenvalue weighted by Gasteiger charge is 2.35. The van der Waals surface area contributed by atoms with Crippen molar-refractivity contribution in [3.63, 3.8) is 0 Å². The van der Waals surface area contributed by atoms with Crippen molar-refractivity contribution in [1.29, 1.82) is 0 Å². The van der Waals surface area contributed by atoms with Crippen LogP contribution in [0.2, 0.25) is 0 Å². The molecule has 1 aliphatic heterocycles. The normalized spacial score (nSPS) is 17.0. The number of carbonyl (C=O) groups is 2. The zero-order valence-corrected chi connectivity index (χ0v) is 24.9. The minimum atomic E-state index is -0.998. The van der Waals surface area contributed by atoms with Gasteiger partial charge in [0.15, 0.2) is 0 Å². The molecule has 4 aromatic rings. The maximum absolute atomic E-state index is 12.9. The van der Waals surface area contributed by atoms with Gasteiger partial charge in [-0.05, 0) is 79.4 Å². The molecule has 1 N–H and O–H groups in total. The van der Waals surface area contributed by atoms with Crippen LogP contribution >= 0.6 is 0 Å². The largest absolute Gasteiger partial charge is 0.493 e. The van der Waals surface area contributed by atoms with E-state index in [1.807, 2.05) is 57.2 Å². The Morgan fingerprint density at radius 2 is 1.74 bits per heavy atom. The number of hydrogen-bond donors (Lipinski definition) is 1. The predicted molar refractivity (Wildman–Crippen MR) is 165 cm³/mol. The number of rotatable bonds is 9. The summed E-state index contributed by atoms with van der Waals surface area (Å²) < 4.78 is 18.1. The van der Waals surface area contributed by atoms with E-state index < -0.39 is 11.6 Å². The first kappa shape index (κ1) is 30.0. The average Bonchev–Trinajstić information content (AvgIpc) is 2.99. The lowest BCUT2D eigenvalue weighted by Crippen LogP contribution is -2.48. The molecule has 2 unspecified atom stereocenters. The molecule has 1 fully saturated rings. The Morgan fingerprint density at radius 3 is 2.49 bits per heavy atom. The van der Waals surface area contributed by atoms with Gasteiger partial charge in [-0.25, -0.2) is 9.59 Å². The van der Waals surface area contributed by atoms with Gasteiger partial charge in [-0.2, -0.15) is 0 Å². The minimum Gasteiger partial charge on any atom is -0.493 e. The SMILES string of the molecule is CC(C)(C)OC(=O)N1CCC(c2ccc(OCCc3ncccc3C(=O)O)cc2)C(OCc2ccc3ccccc3c2)C1. The molecule has 224 valence electrons. The number of carboxylic acid groups (broad SMARTS) is 1. The van der Waals surface area contributed by atoms with E-state index in [1.54, 1.807) is 23.2 Å². The zero-order valence-electron chi connectivity index (χ0n) is 24.9. The summed E-state index contributed by atoms with van der Waals surface area (Å²) in [6.07, 6.45) is 2.16. The van der Waals surface area contributed by atoms with Crippen LogP contribution in [0.1, 0.15) is 60.3 Å². The Kier molecular flexibility index (Phi) is 9.26. The van der Waals surface area contributed by atoms with E-state index in [0.29, 0.717) is 44.2 Å². The number of carbonyl (C=O) groups excluding carboxylic acids is 1. The van der Waals surface area contributed by atoms with Crippen molar-refractivity contribution in [2.75, 3.05) is 19.7 Å². The van der Waals surface area contributed by atoms with Gasteiger partial charge in [-0.3, -0.25) is 4.98 Å². The molecule has 0 saturated carbocycles. The molecule has 2 heterocycles. The van der Waals surface area contributed by atoms with E-state index in [-0.39, 0.29) is 23.7 Å². The highest BCUT2D eigenvalue weighted by Crippen LogP contribution is 2.33. The third-order valence-electron chi connectivity index (χ3n) is 7.53. The maximum Gasteiger partial charge on any atom is 0.410 e. The number of aromatic carboxylic acids is 1. The van der Waals surface area contributed by atoms with Crippen LogP contribution in [0.5, 0.6) is 5.75 Å². The summed E-state index contributed by atoms with van der Waals surface area (Å²) in [4.78, 5) is 30.3. The first-order chi connectivity index (χ1) is 20.7. The molecule has 5 rings (SSSR count). The molecule has 1 amide bonds. The number of piperidine rings is 1. The quantitative estimate of drug-likeness (QED) is 0.230. The Labute approximate surface area is 252 Å². The highest BCUT2D eigenvalue weighted by atomic mass is 16.6. The van der Waals surface area contributed by atoms with Crippen LogP contribution < -0.4 is 4.74 Å². The third-order valence-corrected chi connectivity index (χ3v) is 7.53. The van der Waals surface area contributed by atoms with Crippen molar-refractivity contribution in [2.24, 2.45) is 0 Å². The summed E-state index contributed by atoms with van der Waals surface area (Å²) in [7, 11) is 0. The first-order valence-corrected chi connectivity index (χ1v) is 14.6. The van der Waals surface area contributed by atoms with Crippen molar-refractivity contribution < 1.29 is 28.9 Å². The van der Waals surface area contributed by atoms with Crippen LogP contribution in [-0.2, 0) is 22.5 Å². The van der Waals surface area contributed by atoms with Gasteiger partial charge in [0.05, 0.1) is 37.1 Å². The second-order valence-corrected chi connectivity index (χ2v) is 11.8. The van der Waals surface area contributed by atoms with Crippen molar-refractivity contribution in [3.8, 4) is 5.75 Å². The fourth-order valence-electron chi connectivity index (χ4n) is 5.40. The molecular weight excluding hydrogens is 544 g/mol. The lowest BCUT2D eigenvalue weighted by Gasteiger charge is -2.39. The number of aromatic nitrogens is 1. The number of hydrogen-bond acceptors (Lipinski definition) is 6. The lowest BCUT2D eigenvalue weighted by atomic mass is 9.87. The topological polar surface area (TPSA) is 98.2 Å². The van der Waals surface area contributed by atoms with Crippen LogP contribution in [0.15, 0.2) is 85.1 Å². The number of nitrogens with zero attached hydrogens (tertiary/aromatic N) is 2. The minimum absolute atomic E-state index is 0.0832. The predicted octanol–water partition coefficient (Wildman–Crippen LogP) is 6.86. The Hall–Kier alpha value is -4.43. The standard InChI is InChI=1S/C35H38N2O6/c1-35(2,3)43-34(40)37-19-16-29(32(22-37)42-23-24-10-11-25-7-4-5-8-27(25)21-24)26-12-14-28(15-13-26)41-20-17-31-30(33(38)39)9-6-18-36-31/h4-15,18,21,29,32H,16-17,19-20,22-23H2,1-3H3,(H,38,39). The lowest BCUT2D eigenvalue weighted by molar-refractivity contribution is -0.0359. The van der Waals surface area contributed by atoms with Gasteiger partial charge in [0, 0.05) is 25.1 Å². The number of pyridine rings is 1. The second-order valence-electron chi connectivity index (χ2n) is 11.8. The van der Waals surface area contributed by atoms with Gasteiger partial charge in [0.2, 0.25) is 0 Å². The molecule has 3 aromatic carbocycles. The summed E-state index contributed by atoms with van der Waals surface area (Å²) >= 11 is 0. The average molecular weight is 583 g/mol. The zero-order chi connectivity index (χ0) is 30.4. The molecule has 1 aromatic heterocycles. The van der Waals surface area contributed by atoms with E-state index in [2.05, 4.69) is 35.3 Å². The van der Waals surface area contributed by atoms with Gasteiger partial charge < -0.3 is 24.2 Å². The fourth-order valence-corrected chi connectivity index (χ4v) is 5.40. The molecule has 8 nitrogen and oxygen atoms in total. The van der Waals surface area contributed by atoms with Gasteiger partial charge >= 0.3 is 12.1 Å². The van der Waals surface area contributed by atoms with Crippen molar-refractivity contribution in [2.45, 2.75) is 57.8 Å². The molecule has 1 aliphatic rings. The smallest absolute Gasteiger partial charge is 0.410 e. The highest BCUT2D eigenvalue weighted by molar-refractivity contribution is 5.88. The van der Waals surface area contributed by atoms with Crippen molar-refractivity contribution in [1.82, 2.24) is 9.88 Å².